The average molecular weight is 525 g/mol. The molecule has 7 atom stereocenters. The summed E-state index contributed by atoms with van der Waals surface area (Å²) in [5, 5.41) is 54.2. The number of aliphatic hydroxyl groups is 4. The molecule has 2 amide bonds. The van der Waals surface area contributed by atoms with Crippen LogP contribution in [0.1, 0.15) is 37.3 Å². The SMILES string of the molecule is C=CC[C@H](N)C(=O)CC[C@H](N)C(=O)N[C@@H](CO)[C@@H](O)[C@@H](O)[C@H](O)C(=O)N[C@@H](CC(=O)O)c1ccccc1. The van der Waals surface area contributed by atoms with Gasteiger partial charge in [-0.05, 0) is 18.4 Å². The second kappa shape index (κ2) is 15.8. The summed E-state index contributed by atoms with van der Waals surface area (Å²) in [6.07, 6.45) is -5.38. The highest BCUT2D eigenvalue weighted by Crippen LogP contribution is 2.17. The van der Waals surface area contributed by atoms with Crippen LogP contribution in [-0.4, -0.2) is 92.1 Å². The van der Waals surface area contributed by atoms with E-state index in [1.54, 1.807) is 30.3 Å². The fourth-order valence-corrected chi connectivity index (χ4v) is 3.40. The van der Waals surface area contributed by atoms with Gasteiger partial charge in [0.2, 0.25) is 5.91 Å². The van der Waals surface area contributed by atoms with Crippen molar-refractivity contribution in [1.82, 2.24) is 10.6 Å². The molecular formula is C24H36N4O9. The molecular weight excluding hydrogens is 488 g/mol. The van der Waals surface area contributed by atoms with Crippen molar-refractivity contribution in [3.05, 3.63) is 48.6 Å². The molecule has 1 aromatic rings. The van der Waals surface area contributed by atoms with Crippen molar-refractivity contribution >= 4 is 23.6 Å². The lowest BCUT2D eigenvalue weighted by Gasteiger charge is -2.30. The molecule has 0 aliphatic heterocycles. The van der Waals surface area contributed by atoms with E-state index in [4.69, 9.17) is 16.6 Å². The number of ketones is 1. The minimum Gasteiger partial charge on any atom is -0.481 e. The Labute approximate surface area is 214 Å². The first kappa shape index (κ1) is 31.8. The molecule has 0 saturated carbocycles. The summed E-state index contributed by atoms with van der Waals surface area (Å²) in [5.41, 5.74) is 11.9. The molecule has 11 N–H and O–H groups in total. The molecule has 0 heterocycles. The monoisotopic (exact) mass is 524 g/mol. The van der Waals surface area contributed by atoms with E-state index in [0.717, 1.165) is 0 Å². The van der Waals surface area contributed by atoms with E-state index < -0.39 is 73.3 Å². The minimum absolute atomic E-state index is 0.0816. The number of rotatable bonds is 17. The van der Waals surface area contributed by atoms with Crippen LogP contribution in [0.2, 0.25) is 0 Å². The smallest absolute Gasteiger partial charge is 0.305 e. The lowest BCUT2D eigenvalue weighted by atomic mass is 9.98. The van der Waals surface area contributed by atoms with E-state index in [0.29, 0.717) is 5.56 Å². The second-order valence-electron chi connectivity index (χ2n) is 8.54. The number of carboxylic acids is 1. The molecule has 0 aliphatic rings. The Hall–Kier alpha value is -3.20. The first-order valence-corrected chi connectivity index (χ1v) is 11.6. The number of carbonyl (C=O) groups is 4. The maximum absolute atomic E-state index is 12.5. The number of carbonyl (C=O) groups excluding carboxylic acids is 3. The lowest BCUT2D eigenvalue weighted by Crippen LogP contribution is -2.58. The van der Waals surface area contributed by atoms with Crippen LogP contribution in [0, 0.1) is 0 Å². The Morgan fingerprint density at radius 3 is 2.11 bits per heavy atom. The number of hydrogen-bond acceptors (Lipinski definition) is 10. The topological polar surface area (TPSA) is 246 Å². The third kappa shape index (κ3) is 10.4. The fraction of sp³-hybridized carbons (Fsp3) is 0.500. The van der Waals surface area contributed by atoms with Crippen LogP contribution in [-0.2, 0) is 19.2 Å². The predicted octanol–water partition coefficient (Wildman–Crippen LogP) is -2.54. The number of hydrogen-bond donors (Lipinski definition) is 9. The normalized spacial score (nSPS) is 16.8. The summed E-state index contributed by atoms with van der Waals surface area (Å²) in [6, 6.07) is 3.49. The van der Waals surface area contributed by atoms with Crippen molar-refractivity contribution in [2.24, 2.45) is 11.5 Å². The van der Waals surface area contributed by atoms with Crippen LogP contribution in [0.15, 0.2) is 43.0 Å². The van der Waals surface area contributed by atoms with Crippen molar-refractivity contribution in [3.63, 3.8) is 0 Å². The Morgan fingerprint density at radius 2 is 1.57 bits per heavy atom. The van der Waals surface area contributed by atoms with Gasteiger partial charge in [0.05, 0.1) is 37.2 Å². The maximum Gasteiger partial charge on any atom is 0.305 e. The predicted molar refractivity (Wildman–Crippen MR) is 132 cm³/mol. The van der Waals surface area contributed by atoms with Gasteiger partial charge < -0.3 is 47.6 Å². The first-order valence-electron chi connectivity index (χ1n) is 11.6. The minimum atomic E-state index is -2.24. The molecule has 0 bridgehead atoms. The summed E-state index contributed by atoms with van der Waals surface area (Å²) in [5.74, 6) is -3.60. The van der Waals surface area contributed by atoms with E-state index in [1.165, 1.54) is 6.08 Å². The van der Waals surface area contributed by atoms with Crippen LogP contribution < -0.4 is 22.1 Å². The molecule has 13 heteroatoms. The van der Waals surface area contributed by atoms with Gasteiger partial charge in [-0.25, -0.2) is 0 Å². The highest BCUT2D eigenvalue weighted by atomic mass is 16.4. The number of carboxylic acid groups (broad SMARTS) is 1. The van der Waals surface area contributed by atoms with Gasteiger partial charge in [-0.3, -0.25) is 19.2 Å². The Morgan fingerprint density at radius 1 is 0.946 bits per heavy atom. The van der Waals surface area contributed by atoms with Crippen LogP contribution in [0.4, 0.5) is 0 Å². The van der Waals surface area contributed by atoms with Crippen LogP contribution in [0.25, 0.3) is 0 Å². The summed E-state index contributed by atoms with van der Waals surface area (Å²) in [7, 11) is 0. The van der Waals surface area contributed by atoms with Gasteiger partial charge in [0.1, 0.15) is 18.0 Å². The zero-order valence-electron chi connectivity index (χ0n) is 20.3. The van der Waals surface area contributed by atoms with Crippen LogP contribution in [0.3, 0.4) is 0 Å². The zero-order valence-corrected chi connectivity index (χ0v) is 20.3. The van der Waals surface area contributed by atoms with Crippen LogP contribution in [0.5, 0.6) is 0 Å². The molecule has 0 saturated heterocycles. The molecule has 0 fully saturated rings. The van der Waals surface area contributed by atoms with Gasteiger partial charge in [0.25, 0.3) is 5.91 Å². The van der Waals surface area contributed by atoms with Crippen molar-refractivity contribution < 1.29 is 44.7 Å². The Kier molecular flexibility index (Phi) is 13.6. The second-order valence-corrected chi connectivity index (χ2v) is 8.54. The average Bonchev–Trinajstić information content (AvgIpc) is 2.88. The van der Waals surface area contributed by atoms with Gasteiger partial charge in [0.15, 0.2) is 6.10 Å². The van der Waals surface area contributed by atoms with E-state index in [2.05, 4.69) is 17.2 Å². The van der Waals surface area contributed by atoms with Gasteiger partial charge >= 0.3 is 5.97 Å². The first-order chi connectivity index (χ1) is 17.4. The van der Waals surface area contributed by atoms with Gasteiger partial charge in [0, 0.05) is 6.42 Å². The maximum atomic E-state index is 12.5. The molecule has 0 radical (unpaired) electrons. The molecule has 0 unspecified atom stereocenters. The molecule has 1 aromatic carbocycles. The van der Waals surface area contributed by atoms with E-state index >= 15 is 0 Å². The van der Waals surface area contributed by atoms with Gasteiger partial charge in [-0.1, -0.05) is 36.4 Å². The number of aliphatic hydroxyl groups excluding tert-OH is 4. The van der Waals surface area contributed by atoms with Gasteiger partial charge in [-0.15, -0.1) is 6.58 Å². The summed E-state index contributed by atoms with van der Waals surface area (Å²) in [4.78, 5) is 48.0. The number of nitrogens with two attached hydrogens (primary N) is 2. The summed E-state index contributed by atoms with van der Waals surface area (Å²) < 4.78 is 0. The Bertz CT molecular complexity index is 915. The molecule has 37 heavy (non-hydrogen) atoms. The van der Waals surface area contributed by atoms with Crippen molar-refractivity contribution in [1.29, 1.82) is 0 Å². The van der Waals surface area contributed by atoms with Crippen molar-refractivity contribution in [2.75, 3.05) is 6.61 Å². The van der Waals surface area contributed by atoms with Crippen molar-refractivity contribution in [3.8, 4) is 0 Å². The van der Waals surface area contributed by atoms with Crippen LogP contribution >= 0.6 is 0 Å². The summed E-state index contributed by atoms with van der Waals surface area (Å²) in [6.45, 7) is 2.60. The number of nitrogens with one attached hydrogen (secondary N) is 2. The third-order valence-corrected chi connectivity index (χ3v) is 5.65. The number of benzene rings is 1. The van der Waals surface area contributed by atoms with E-state index in [1.807, 2.05) is 0 Å². The zero-order chi connectivity index (χ0) is 28.1. The highest BCUT2D eigenvalue weighted by Gasteiger charge is 2.37. The lowest BCUT2D eigenvalue weighted by molar-refractivity contribution is -0.145. The number of aliphatic carboxylic acids is 1. The quantitative estimate of drug-likeness (QED) is 0.0960. The Balaban J connectivity index is 2.76. The molecule has 0 spiro atoms. The standard InChI is InChI=1S/C24H36N4O9/c1-2-6-14(25)18(30)10-9-15(26)23(36)28-17(12-29)20(33)21(34)22(35)24(37)27-16(11-19(31)32)13-7-4-3-5-8-13/h2-5,7-8,14-17,20-22,29,33-35H,1,6,9-12,25-26H2,(H,27,37)(H,28,36)(H,31,32)/t14-,15-,16-,17-,20+,21+,22-/m0/s1. The molecule has 206 valence electrons. The fourth-order valence-electron chi connectivity index (χ4n) is 3.40. The third-order valence-electron chi connectivity index (χ3n) is 5.65. The summed E-state index contributed by atoms with van der Waals surface area (Å²) >= 11 is 0. The molecule has 1 rings (SSSR count). The largest absolute Gasteiger partial charge is 0.481 e. The number of Topliss-reactive ketones (excluding diaryl/α,β-unsaturated/α-hetero) is 1. The molecule has 0 aromatic heterocycles. The molecule has 13 nitrogen and oxygen atoms in total. The number of amides is 2. The van der Waals surface area contributed by atoms with E-state index in [9.17, 15) is 39.6 Å². The molecule has 0 aliphatic carbocycles. The highest BCUT2D eigenvalue weighted by molar-refractivity contribution is 5.86. The van der Waals surface area contributed by atoms with Crippen molar-refractivity contribution in [2.45, 2.75) is 68.2 Å². The van der Waals surface area contributed by atoms with Gasteiger partial charge in [-0.2, -0.15) is 0 Å². The van der Waals surface area contributed by atoms with E-state index in [-0.39, 0.29) is 25.0 Å².